The molecule has 0 spiro atoms. The lowest BCUT2D eigenvalue weighted by Crippen LogP contribution is -2.34. The smallest absolute Gasteiger partial charge is 0.257 e. The molecule has 2 atom stereocenters. The van der Waals surface area contributed by atoms with Crippen molar-refractivity contribution in [2.75, 3.05) is 13.1 Å². The van der Waals surface area contributed by atoms with Crippen molar-refractivity contribution in [1.82, 2.24) is 15.0 Å². The van der Waals surface area contributed by atoms with E-state index in [2.05, 4.69) is 17.1 Å². The molecule has 1 fully saturated rings. The van der Waals surface area contributed by atoms with Crippen molar-refractivity contribution in [3.05, 3.63) is 23.5 Å². The number of nitrogens with zero attached hydrogens (tertiary/aromatic N) is 3. The molecule has 3 heterocycles. The summed E-state index contributed by atoms with van der Waals surface area (Å²) in [5, 5.41) is 4.88. The molecule has 1 aliphatic rings. The van der Waals surface area contributed by atoms with Gasteiger partial charge in [-0.1, -0.05) is 19.0 Å². The molecule has 2 unspecified atom stereocenters. The Morgan fingerprint density at radius 1 is 1.55 bits per heavy atom. The van der Waals surface area contributed by atoms with E-state index in [-0.39, 0.29) is 17.9 Å². The molecule has 22 heavy (non-hydrogen) atoms. The average molecular weight is 302 g/mol. The van der Waals surface area contributed by atoms with E-state index < -0.39 is 0 Å². The van der Waals surface area contributed by atoms with Crippen LogP contribution in [0.25, 0.3) is 11.1 Å². The Morgan fingerprint density at radius 3 is 2.95 bits per heavy atom. The molecule has 1 aliphatic heterocycles. The average Bonchev–Trinajstić information content (AvgIpc) is 3.09. The van der Waals surface area contributed by atoms with E-state index in [1.165, 1.54) is 0 Å². The topological polar surface area (TPSA) is 85.2 Å². The van der Waals surface area contributed by atoms with Gasteiger partial charge in [-0.05, 0) is 37.8 Å². The maximum atomic E-state index is 12.8. The Labute approximate surface area is 129 Å². The molecule has 1 saturated heterocycles. The number of nitrogens with two attached hydrogens (primary N) is 1. The summed E-state index contributed by atoms with van der Waals surface area (Å²) < 4.78 is 5.22. The SMILES string of the molecule is CC(C)c1noc2ncc(C(=O)N3CC(CN)CC3C)cc12. The van der Waals surface area contributed by atoms with Crippen molar-refractivity contribution in [2.45, 2.75) is 39.2 Å². The zero-order valence-corrected chi connectivity index (χ0v) is 13.2. The number of fused-ring (bicyclic) bond motifs is 1. The first-order chi connectivity index (χ1) is 10.5. The van der Waals surface area contributed by atoms with Crippen molar-refractivity contribution in [1.29, 1.82) is 0 Å². The lowest BCUT2D eigenvalue weighted by atomic mass is 10.1. The van der Waals surface area contributed by atoms with Gasteiger partial charge in [0, 0.05) is 18.8 Å². The summed E-state index contributed by atoms with van der Waals surface area (Å²) in [6, 6.07) is 2.06. The van der Waals surface area contributed by atoms with Gasteiger partial charge in [0.25, 0.3) is 11.6 Å². The molecule has 0 aliphatic carbocycles. The number of hydrogen-bond donors (Lipinski definition) is 1. The minimum Gasteiger partial charge on any atom is -0.336 e. The first-order valence-electron chi connectivity index (χ1n) is 7.77. The number of rotatable bonds is 3. The van der Waals surface area contributed by atoms with E-state index in [1.807, 2.05) is 24.8 Å². The van der Waals surface area contributed by atoms with Crippen molar-refractivity contribution in [3.8, 4) is 0 Å². The van der Waals surface area contributed by atoms with Crippen LogP contribution in [0.3, 0.4) is 0 Å². The molecule has 6 nitrogen and oxygen atoms in total. The van der Waals surface area contributed by atoms with Crippen LogP contribution in [0.15, 0.2) is 16.8 Å². The molecular weight excluding hydrogens is 280 g/mol. The Bertz CT molecular complexity index is 695. The second kappa shape index (κ2) is 5.68. The van der Waals surface area contributed by atoms with Crippen LogP contribution in [-0.4, -0.2) is 40.1 Å². The van der Waals surface area contributed by atoms with Crippen LogP contribution >= 0.6 is 0 Å². The summed E-state index contributed by atoms with van der Waals surface area (Å²) >= 11 is 0. The highest BCUT2D eigenvalue weighted by Crippen LogP contribution is 2.27. The third kappa shape index (κ3) is 2.47. The third-order valence-electron chi connectivity index (χ3n) is 4.41. The van der Waals surface area contributed by atoms with Crippen molar-refractivity contribution in [2.24, 2.45) is 11.7 Å². The number of hydrogen-bond acceptors (Lipinski definition) is 5. The highest BCUT2D eigenvalue weighted by atomic mass is 16.5. The summed E-state index contributed by atoms with van der Waals surface area (Å²) in [6.45, 7) is 7.49. The lowest BCUT2D eigenvalue weighted by Gasteiger charge is -2.21. The van der Waals surface area contributed by atoms with E-state index in [4.69, 9.17) is 10.3 Å². The third-order valence-corrected chi connectivity index (χ3v) is 4.41. The number of aromatic nitrogens is 2. The van der Waals surface area contributed by atoms with Crippen LogP contribution in [0.5, 0.6) is 0 Å². The molecule has 2 N–H and O–H groups in total. The molecule has 1 amide bonds. The Hall–Kier alpha value is -1.95. The zero-order chi connectivity index (χ0) is 15.9. The van der Waals surface area contributed by atoms with Crippen molar-refractivity contribution < 1.29 is 9.32 Å². The number of carbonyl (C=O) groups is 1. The fraction of sp³-hybridized carbons (Fsp3) is 0.562. The summed E-state index contributed by atoms with van der Waals surface area (Å²) in [6.07, 6.45) is 2.53. The monoisotopic (exact) mass is 302 g/mol. The van der Waals surface area contributed by atoms with E-state index in [9.17, 15) is 4.79 Å². The molecule has 0 radical (unpaired) electrons. The van der Waals surface area contributed by atoms with Gasteiger partial charge in [-0.2, -0.15) is 0 Å². The first kappa shape index (κ1) is 15.0. The Morgan fingerprint density at radius 2 is 2.32 bits per heavy atom. The second-order valence-electron chi connectivity index (χ2n) is 6.44. The largest absolute Gasteiger partial charge is 0.336 e. The normalized spacial score (nSPS) is 22.0. The van der Waals surface area contributed by atoms with Crippen LogP contribution < -0.4 is 5.73 Å². The highest BCUT2D eigenvalue weighted by Gasteiger charge is 2.32. The van der Waals surface area contributed by atoms with Gasteiger partial charge in [0.2, 0.25) is 0 Å². The quantitative estimate of drug-likeness (QED) is 0.939. The van der Waals surface area contributed by atoms with E-state index in [1.54, 1.807) is 6.20 Å². The molecule has 6 heteroatoms. The standard InChI is InChI=1S/C16H22N4O2/c1-9(2)14-13-5-12(7-18-15(13)22-19-14)16(21)20-8-11(6-17)4-10(20)3/h5,7,9-11H,4,6,8,17H2,1-3H3. The van der Waals surface area contributed by atoms with Gasteiger partial charge in [0.05, 0.1) is 16.6 Å². The number of amides is 1. The molecule has 0 aromatic carbocycles. The molecule has 0 bridgehead atoms. The van der Waals surface area contributed by atoms with Crippen LogP contribution in [0, 0.1) is 5.92 Å². The predicted octanol–water partition coefficient (Wildman–Crippen LogP) is 2.16. The fourth-order valence-electron chi connectivity index (χ4n) is 3.15. The minimum absolute atomic E-state index is 0.00811. The van der Waals surface area contributed by atoms with Gasteiger partial charge < -0.3 is 15.2 Å². The van der Waals surface area contributed by atoms with E-state index >= 15 is 0 Å². The first-order valence-corrected chi connectivity index (χ1v) is 7.77. The lowest BCUT2D eigenvalue weighted by molar-refractivity contribution is 0.0743. The number of pyridine rings is 1. The van der Waals surface area contributed by atoms with Gasteiger partial charge in [-0.25, -0.2) is 4.98 Å². The second-order valence-corrected chi connectivity index (χ2v) is 6.44. The maximum absolute atomic E-state index is 12.8. The molecule has 2 aromatic rings. The van der Waals surface area contributed by atoms with Gasteiger partial charge in [-0.3, -0.25) is 4.79 Å². The van der Waals surface area contributed by atoms with Crippen LogP contribution in [0.4, 0.5) is 0 Å². The van der Waals surface area contributed by atoms with Crippen LogP contribution in [0.1, 0.15) is 49.2 Å². The van der Waals surface area contributed by atoms with Crippen LogP contribution in [0.2, 0.25) is 0 Å². The molecule has 0 saturated carbocycles. The highest BCUT2D eigenvalue weighted by molar-refractivity contribution is 5.97. The van der Waals surface area contributed by atoms with E-state index in [0.29, 0.717) is 23.7 Å². The number of likely N-dealkylation sites (tertiary alicyclic amines) is 1. The maximum Gasteiger partial charge on any atom is 0.257 e. The van der Waals surface area contributed by atoms with Gasteiger partial charge >= 0.3 is 0 Å². The Kier molecular flexibility index (Phi) is 3.87. The fourth-order valence-corrected chi connectivity index (χ4v) is 3.15. The van der Waals surface area contributed by atoms with Crippen molar-refractivity contribution in [3.63, 3.8) is 0 Å². The van der Waals surface area contributed by atoms with Gasteiger partial charge in [0.1, 0.15) is 0 Å². The predicted molar refractivity (Wildman–Crippen MR) is 83.6 cm³/mol. The molecule has 118 valence electrons. The summed E-state index contributed by atoms with van der Waals surface area (Å²) in [5.41, 5.74) is 7.65. The van der Waals surface area contributed by atoms with Crippen LogP contribution in [-0.2, 0) is 0 Å². The zero-order valence-electron chi connectivity index (χ0n) is 13.2. The minimum atomic E-state index is 0.00811. The summed E-state index contributed by atoms with van der Waals surface area (Å²) in [5.74, 6) is 0.618. The van der Waals surface area contributed by atoms with Gasteiger partial charge in [0.15, 0.2) is 0 Å². The molecule has 3 rings (SSSR count). The molecular formula is C16H22N4O2. The number of carbonyl (C=O) groups excluding carboxylic acids is 1. The Balaban J connectivity index is 1.93. The van der Waals surface area contributed by atoms with E-state index in [0.717, 1.165) is 24.0 Å². The summed E-state index contributed by atoms with van der Waals surface area (Å²) in [7, 11) is 0. The van der Waals surface area contributed by atoms with Gasteiger partial charge in [-0.15, -0.1) is 0 Å². The summed E-state index contributed by atoms with van der Waals surface area (Å²) in [4.78, 5) is 18.9. The molecule has 2 aromatic heterocycles. The van der Waals surface area contributed by atoms with Crippen molar-refractivity contribution >= 4 is 17.0 Å².